The number of pyridine rings is 1. The summed E-state index contributed by atoms with van der Waals surface area (Å²) in [4.78, 5) is 27.5. The van der Waals surface area contributed by atoms with Crippen molar-refractivity contribution in [2.75, 3.05) is 18.0 Å². The Labute approximate surface area is 122 Å². The zero-order valence-corrected chi connectivity index (χ0v) is 11.7. The minimum atomic E-state index is -0.510. The van der Waals surface area contributed by atoms with Crippen LogP contribution in [0, 0.1) is 22.0 Å². The van der Waals surface area contributed by atoms with Crippen molar-refractivity contribution in [1.29, 1.82) is 0 Å². The van der Waals surface area contributed by atoms with E-state index >= 15 is 0 Å². The molecule has 21 heavy (non-hydrogen) atoms. The summed E-state index contributed by atoms with van der Waals surface area (Å²) in [5.41, 5.74) is 0.747. The Morgan fingerprint density at radius 2 is 2.43 bits per heavy atom. The van der Waals surface area contributed by atoms with E-state index in [0.29, 0.717) is 6.54 Å². The van der Waals surface area contributed by atoms with Crippen molar-refractivity contribution in [3.05, 3.63) is 28.4 Å². The predicted molar refractivity (Wildman–Crippen MR) is 77.7 cm³/mol. The standard InChI is InChI=1S/C14H16N4O3/c1-2-4-14(19)16-11-5-3-8-17(10-11)12-6-7-15-13(9-12)18(20)21/h6-7,9,11H,3,5,8,10H2,1H3,(H,16,19)/t11-/m1/s1. The normalized spacial score (nSPS) is 17.6. The Balaban J connectivity index is 2.06. The van der Waals surface area contributed by atoms with Crippen LogP contribution in [0.3, 0.4) is 0 Å². The fraction of sp³-hybridized carbons (Fsp3) is 0.429. The zero-order valence-electron chi connectivity index (χ0n) is 11.7. The Bertz CT molecular complexity index is 606. The maximum Gasteiger partial charge on any atom is 0.365 e. The average Bonchev–Trinajstić information content (AvgIpc) is 2.48. The number of amides is 1. The predicted octanol–water partition coefficient (Wildman–Crippen LogP) is 1.10. The molecule has 1 amide bonds. The van der Waals surface area contributed by atoms with E-state index in [1.165, 1.54) is 12.3 Å². The summed E-state index contributed by atoms with van der Waals surface area (Å²) in [6.45, 7) is 3.02. The number of nitro groups is 1. The van der Waals surface area contributed by atoms with Crippen LogP contribution in [0.25, 0.3) is 0 Å². The number of carbonyl (C=O) groups is 1. The SMILES string of the molecule is CC#CC(=O)N[C@@H]1CCCN(c2ccnc([N+](=O)[O-])c2)C1. The topological polar surface area (TPSA) is 88.4 Å². The van der Waals surface area contributed by atoms with Crippen molar-refractivity contribution in [2.24, 2.45) is 0 Å². The molecule has 7 heteroatoms. The van der Waals surface area contributed by atoms with Crippen LogP contribution in [0.15, 0.2) is 18.3 Å². The van der Waals surface area contributed by atoms with Gasteiger partial charge in [0, 0.05) is 30.9 Å². The number of nitrogens with one attached hydrogen (secondary N) is 1. The molecular weight excluding hydrogens is 272 g/mol. The fourth-order valence-electron chi connectivity index (χ4n) is 2.37. The molecule has 0 spiro atoms. The van der Waals surface area contributed by atoms with Gasteiger partial charge in [-0.15, -0.1) is 0 Å². The molecule has 0 bridgehead atoms. The van der Waals surface area contributed by atoms with Crippen molar-refractivity contribution in [2.45, 2.75) is 25.8 Å². The van der Waals surface area contributed by atoms with Gasteiger partial charge in [0.05, 0.1) is 6.07 Å². The van der Waals surface area contributed by atoms with Crippen LogP contribution in [0.2, 0.25) is 0 Å². The lowest BCUT2D eigenvalue weighted by Crippen LogP contribution is -2.47. The lowest BCUT2D eigenvalue weighted by Gasteiger charge is -2.34. The molecule has 7 nitrogen and oxygen atoms in total. The number of anilines is 1. The Kier molecular flexibility index (Phi) is 4.72. The van der Waals surface area contributed by atoms with Gasteiger partial charge in [0.25, 0.3) is 5.91 Å². The van der Waals surface area contributed by atoms with Gasteiger partial charge in [-0.05, 0) is 35.6 Å². The second-order valence-corrected chi connectivity index (χ2v) is 4.76. The van der Waals surface area contributed by atoms with Crippen LogP contribution in [0.1, 0.15) is 19.8 Å². The molecule has 0 radical (unpaired) electrons. The highest BCUT2D eigenvalue weighted by molar-refractivity contribution is 5.93. The highest BCUT2D eigenvalue weighted by Crippen LogP contribution is 2.22. The lowest BCUT2D eigenvalue weighted by molar-refractivity contribution is -0.389. The van der Waals surface area contributed by atoms with Gasteiger partial charge in [0.1, 0.15) is 6.20 Å². The molecule has 110 valence electrons. The summed E-state index contributed by atoms with van der Waals surface area (Å²) in [6, 6.07) is 3.19. The lowest BCUT2D eigenvalue weighted by atomic mass is 10.0. The molecule has 0 aliphatic carbocycles. The maximum atomic E-state index is 11.5. The smallest absolute Gasteiger partial charge is 0.365 e. The monoisotopic (exact) mass is 288 g/mol. The number of hydrogen-bond donors (Lipinski definition) is 1. The maximum absolute atomic E-state index is 11.5. The quantitative estimate of drug-likeness (QED) is 0.511. The van der Waals surface area contributed by atoms with Crippen LogP contribution >= 0.6 is 0 Å². The molecular formula is C14H16N4O3. The first kappa shape index (κ1) is 14.8. The van der Waals surface area contributed by atoms with Crippen LogP contribution in [0.5, 0.6) is 0 Å². The molecule has 0 saturated carbocycles. The van der Waals surface area contributed by atoms with Crippen molar-refractivity contribution < 1.29 is 9.72 Å². The van der Waals surface area contributed by atoms with E-state index in [4.69, 9.17) is 0 Å². The summed E-state index contributed by atoms with van der Waals surface area (Å²) in [5.74, 6) is 4.56. The molecule has 1 N–H and O–H groups in total. The first-order valence-electron chi connectivity index (χ1n) is 6.69. The molecule has 1 saturated heterocycles. The third kappa shape index (κ3) is 3.92. The van der Waals surface area contributed by atoms with E-state index in [9.17, 15) is 14.9 Å². The highest BCUT2D eigenvalue weighted by atomic mass is 16.6. The number of aromatic nitrogens is 1. The second kappa shape index (κ2) is 6.70. The molecule has 2 rings (SSSR count). The summed E-state index contributed by atoms with van der Waals surface area (Å²) in [6.07, 6.45) is 3.21. The van der Waals surface area contributed by atoms with Gasteiger partial charge in [0.15, 0.2) is 0 Å². The number of hydrogen-bond acceptors (Lipinski definition) is 5. The van der Waals surface area contributed by atoms with E-state index in [-0.39, 0.29) is 17.8 Å². The first-order chi connectivity index (χ1) is 10.1. The van der Waals surface area contributed by atoms with E-state index < -0.39 is 4.92 Å². The van der Waals surface area contributed by atoms with E-state index in [1.807, 2.05) is 4.90 Å². The van der Waals surface area contributed by atoms with Gasteiger partial charge in [0.2, 0.25) is 0 Å². The van der Waals surface area contributed by atoms with Gasteiger partial charge in [-0.1, -0.05) is 5.92 Å². The largest absolute Gasteiger partial charge is 0.369 e. The second-order valence-electron chi connectivity index (χ2n) is 4.76. The first-order valence-corrected chi connectivity index (χ1v) is 6.69. The van der Waals surface area contributed by atoms with Crippen molar-refractivity contribution in [3.63, 3.8) is 0 Å². The van der Waals surface area contributed by atoms with E-state index in [1.54, 1.807) is 13.0 Å². The van der Waals surface area contributed by atoms with Gasteiger partial charge in [-0.25, -0.2) is 0 Å². The van der Waals surface area contributed by atoms with Crippen LogP contribution < -0.4 is 10.2 Å². The molecule has 0 unspecified atom stereocenters. The van der Waals surface area contributed by atoms with E-state index in [2.05, 4.69) is 22.1 Å². The van der Waals surface area contributed by atoms with E-state index in [0.717, 1.165) is 25.1 Å². The molecule has 1 aromatic heterocycles. The summed E-state index contributed by atoms with van der Waals surface area (Å²) >= 11 is 0. The zero-order chi connectivity index (χ0) is 15.2. The number of rotatable bonds is 3. The van der Waals surface area contributed by atoms with Crippen molar-refractivity contribution in [3.8, 4) is 11.8 Å². The molecule has 1 aromatic rings. The summed E-state index contributed by atoms with van der Waals surface area (Å²) < 4.78 is 0. The minimum absolute atomic E-state index is 0.000628. The average molecular weight is 288 g/mol. The number of nitrogens with zero attached hydrogens (tertiary/aromatic N) is 3. The minimum Gasteiger partial charge on any atom is -0.369 e. The van der Waals surface area contributed by atoms with Crippen LogP contribution in [0.4, 0.5) is 11.5 Å². The van der Waals surface area contributed by atoms with Crippen molar-refractivity contribution in [1.82, 2.24) is 10.3 Å². The Hall–Kier alpha value is -2.62. The summed E-state index contributed by atoms with van der Waals surface area (Å²) in [5, 5.41) is 13.6. The molecule has 1 aliphatic heterocycles. The molecule has 1 fully saturated rings. The molecule has 2 heterocycles. The Morgan fingerprint density at radius 1 is 1.62 bits per heavy atom. The molecule has 0 aromatic carbocycles. The van der Waals surface area contributed by atoms with Gasteiger partial charge in [-0.2, -0.15) is 0 Å². The fourth-order valence-corrected chi connectivity index (χ4v) is 2.37. The number of piperidine rings is 1. The Morgan fingerprint density at radius 3 is 3.14 bits per heavy atom. The van der Waals surface area contributed by atoms with Crippen LogP contribution in [-0.2, 0) is 4.79 Å². The van der Waals surface area contributed by atoms with Gasteiger partial charge >= 0.3 is 5.82 Å². The highest BCUT2D eigenvalue weighted by Gasteiger charge is 2.22. The van der Waals surface area contributed by atoms with Crippen LogP contribution in [-0.4, -0.2) is 34.9 Å². The number of carbonyl (C=O) groups excluding carboxylic acids is 1. The van der Waals surface area contributed by atoms with Gasteiger partial charge in [-0.3, -0.25) is 4.79 Å². The molecule has 1 aliphatic rings. The van der Waals surface area contributed by atoms with Gasteiger partial charge < -0.3 is 20.3 Å². The third-order valence-corrected chi connectivity index (χ3v) is 3.28. The third-order valence-electron chi connectivity index (χ3n) is 3.28. The van der Waals surface area contributed by atoms with Crippen molar-refractivity contribution >= 4 is 17.4 Å². The molecule has 1 atom stereocenters. The summed E-state index contributed by atoms with van der Waals surface area (Å²) in [7, 11) is 0.